The highest BCUT2D eigenvalue weighted by atomic mass is 16.6. The number of hydrogen-bond acceptors (Lipinski definition) is 7. The number of benzene rings is 2. The third-order valence-corrected chi connectivity index (χ3v) is 3.86. The molecular formula is C19H20N4O6. The third-order valence-electron chi connectivity index (χ3n) is 3.86. The number of carbonyl (C=O) groups is 2. The number of hydrogen-bond donors (Lipinski definition) is 2. The number of para-hydroxylation sites is 1. The van der Waals surface area contributed by atoms with Crippen molar-refractivity contribution in [3.05, 3.63) is 63.7 Å². The lowest BCUT2D eigenvalue weighted by atomic mass is 10.1. The van der Waals surface area contributed by atoms with Crippen molar-refractivity contribution in [2.24, 2.45) is 5.10 Å². The molecule has 0 spiro atoms. The molecule has 0 unspecified atom stereocenters. The van der Waals surface area contributed by atoms with Gasteiger partial charge in [0, 0.05) is 12.6 Å². The van der Waals surface area contributed by atoms with E-state index in [-0.39, 0.29) is 17.8 Å². The minimum Gasteiger partial charge on any atom is -0.493 e. The number of carbonyl (C=O) groups excluding carboxylic acids is 2. The molecule has 0 bridgehead atoms. The van der Waals surface area contributed by atoms with Crippen molar-refractivity contribution in [2.75, 3.05) is 20.8 Å². The Bertz CT molecular complexity index is 929. The SMILES string of the molecule is COc1ccc(CCNC(=O)C(=O)NN=Cc2ccccc2[N+](=O)[O-])cc1OC. The first-order valence-electron chi connectivity index (χ1n) is 8.51. The van der Waals surface area contributed by atoms with Crippen LogP contribution in [0.4, 0.5) is 5.69 Å². The molecule has 2 amide bonds. The van der Waals surface area contributed by atoms with E-state index < -0.39 is 16.7 Å². The first kappa shape index (κ1) is 21.4. The normalized spacial score (nSPS) is 10.4. The highest BCUT2D eigenvalue weighted by Crippen LogP contribution is 2.27. The Morgan fingerprint density at radius 3 is 2.52 bits per heavy atom. The van der Waals surface area contributed by atoms with Crippen molar-refractivity contribution in [2.45, 2.75) is 6.42 Å². The van der Waals surface area contributed by atoms with Gasteiger partial charge in [0.2, 0.25) is 0 Å². The maximum Gasteiger partial charge on any atom is 0.329 e. The molecule has 152 valence electrons. The lowest BCUT2D eigenvalue weighted by Crippen LogP contribution is -2.38. The van der Waals surface area contributed by atoms with E-state index in [1.807, 2.05) is 11.5 Å². The molecule has 0 aromatic heterocycles. The van der Waals surface area contributed by atoms with Gasteiger partial charge < -0.3 is 14.8 Å². The first-order chi connectivity index (χ1) is 14.0. The van der Waals surface area contributed by atoms with Crippen molar-refractivity contribution < 1.29 is 24.0 Å². The summed E-state index contributed by atoms with van der Waals surface area (Å²) >= 11 is 0. The van der Waals surface area contributed by atoms with E-state index >= 15 is 0 Å². The molecule has 0 saturated heterocycles. The van der Waals surface area contributed by atoms with Crippen molar-refractivity contribution in [1.82, 2.24) is 10.7 Å². The van der Waals surface area contributed by atoms with Gasteiger partial charge in [-0.2, -0.15) is 5.10 Å². The van der Waals surface area contributed by atoms with Crippen molar-refractivity contribution in [3.8, 4) is 11.5 Å². The van der Waals surface area contributed by atoms with Gasteiger partial charge in [0.05, 0.1) is 30.9 Å². The van der Waals surface area contributed by atoms with Crippen LogP contribution in [-0.2, 0) is 16.0 Å². The number of methoxy groups -OCH3 is 2. The van der Waals surface area contributed by atoms with Crippen LogP contribution in [0.3, 0.4) is 0 Å². The summed E-state index contributed by atoms with van der Waals surface area (Å²) in [4.78, 5) is 33.9. The lowest BCUT2D eigenvalue weighted by Gasteiger charge is -2.10. The van der Waals surface area contributed by atoms with E-state index in [0.29, 0.717) is 17.9 Å². The number of nitro benzene ring substituents is 1. The topological polar surface area (TPSA) is 132 Å². The molecule has 0 saturated carbocycles. The Kier molecular flexibility index (Phi) is 7.66. The Morgan fingerprint density at radius 2 is 1.83 bits per heavy atom. The number of nitrogens with one attached hydrogen (secondary N) is 2. The summed E-state index contributed by atoms with van der Waals surface area (Å²) in [5, 5.41) is 17.0. The number of rotatable bonds is 8. The van der Waals surface area contributed by atoms with Gasteiger partial charge in [-0.05, 0) is 30.2 Å². The molecular weight excluding hydrogens is 380 g/mol. The predicted molar refractivity (Wildman–Crippen MR) is 105 cm³/mol. The fourth-order valence-electron chi connectivity index (χ4n) is 2.41. The zero-order valence-corrected chi connectivity index (χ0v) is 15.9. The zero-order chi connectivity index (χ0) is 21.2. The number of nitrogens with zero attached hydrogens (tertiary/aromatic N) is 2. The second-order valence-corrected chi connectivity index (χ2v) is 5.71. The fraction of sp³-hybridized carbons (Fsp3) is 0.211. The van der Waals surface area contributed by atoms with E-state index in [9.17, 15) is 19.7 Å². The lowest BCUT2D eigenvalue weighted by molar-refractivity contribution is -0.385. The van der Waals surface area contributed by atoms with Crippen LogP contribution in [0.2, 0.25) is 0 Å². The van der Waals surface area contributed by atoms with Gasteiger partial charge in [-0.3, -0.25) is 19.7 Å². The highest BCUT2D eigenvalue weighted by Gasteiger charge is 2.13. The van der Waals surface area contributed by atoms with Crippen LogP contribution in [0.5, 0.6) is 11.5 Å². The summed E-state index contributed by atoms with van der Waals surface area (Å²) in [6, 6.07) is 11.2. The number of nitro groups is 1. The molecule has 0 aliphatic rings. The molecule has 0 radical (unpaired) electrons. The minimum absolute atomic E-state index is 0.162. The van der Waals surface area contributed by atoms with Crippen molar-refractivity contribution in [3.63, 3.8) is 0 Å². The van der Waals surface area contributed by atoms with Gasteiger partial charge in [0.25, 0.3) is 5.69 Å². The standard InChI is InChI=1S/C19H20N4O6/c1-28-16-8-7-13(11-17(16)29-2)9-10-20-18(24)19(25)22-21-12-14-5-3-4-6-15(14)23(26)27/h3-8,11-12H,9-10H2,1-2H3,(H,20,24)(H,22,25). The predicted octanol–water partition coefficient (Wildman–Crippen LogP) is 1.42. The highest BCUT2D eigenvalue weighted by molar-refractivity contribution is 6.35. The monoisotopic (exact) mass is 400 g/mol. The van der Waals surface area contributed by atoms with Crippen LogP contribution < -0.4 is 20.2 Å². The van der Waals surface area contributed by atoms with Gasteiger partial charge in [0.1, 0.15) is 0 Å². The second kappa shape index (κ2) is 10.4. The maximum absolute atomic E-state index is 11.8. The van der Waals surface area contributed by atoms with Gasteiger partial charge in [0.15, 0.2) is 11.5 Å². The summed E-state index contributed by atoms with van der Waals surface area (Å²) < 4.78 is 10.4. The molecule has 0 atom stereocenters. The third kappa shape index (κ3) is 6.03. The molecule has 0 aliphatic carbocycles. The molecule has 2 aromatic carbocycles. The summed E-state index contributed by atoms with van der Waals surface area (Å²) in [5.74, 6) is -0.688. The molecule has 10 heteroatoms. The number of amides is 2. The van der Waals surface area contributed by atoms with Crippen LogP contribution in [-0.4, -0.2) is 43.7 Å². The molecule has 0 heterocycles. The number of ether oxygens (including phenoxy) is 2. The Balaban J connectivity index is 1.84. The van der Waals surface area contributed by atoms with E-state index in [1.165, 1.54) is 32.4 Å². The molecule has 2 aromatic rings. The van der Waals surface area contributed by atoms with Crippen molar-refractivity contribution >= 4 is 23.7 Å². The van der Waals surface area contributed by atoms with E-state index in [0.717, 1.165) is 11.8 Å². The smallest absolute Gasteiger partial charge is 0.329 e. The van der Waals surface area contributed by atoms with Gasteiger partial charge in [-0.1, -0.05) is 18.2 Å². The molecule has 0 fully saturated rings. The summed E-state index contributed by atoms with van der Waals surface area (Å²) in [5.41, 5.74) is 2.96. The molecule has 2 rings (SSSR count). The average molecular weight is 400 g/mol. The molecule has 2 N–H and O–H groups in total. The quantitative estimate of drug-likeness (QED) is 0.298. The van der Waals surface area contributed by atoms with Gasteiger partial charge in [-0.15, -0.1) is 0 Å². The first-order valence-corrected chi connectivity index (χ1v) is 8.51. The van der Waals surface area contributed by atoms with Gasteiger partial charge >= 0.3 is 11.8 Å². The van der Waals surface area contributed by atoms with Crippen LogP contribution in [0, 0.1) is 10.1 Å². The summed E-state index contributed by atoms with van der Waals surface area (Å²) in [6.45, 7) is 0.218. The zero-order valence-electron chi connectivity index (χ0n) is 15.9. The second-order valence-electron chi connectivity index (χ2n) is 5.71. The van der Waals surface area contributed by atoms with Crippen LogP contribution >= 0.6 is 0 Å². The van der Waals surface area contributed by atoms with Crippen LogP contribution in [0.1, 0.15) is 11.1 Å². The largest absolute Gasteiger partial charge is 0.493 e. The van der Waals surface area contributed by atoms with E-state index in [1.54, 1.807) is 18.2 Å². The number of hydrazone groups is 1. The summed E-state index contributed by atoms with van der Waals surface area (Å²) in [7, 11) is 3.06. The van der Waals surface area contributed by atoms with E-state index in [4.69, 9.17) is 9.47 Å². The Morgan fingerprint density at radius 1 is 1.10 bits per heavy atom. The average Bonchev–Trinajstić information content (AvgIpc) is 2.73. The molecule has 29 heavy (non-hydrogen) atoms. The fourth-order valence-corrected chi connectivity index (χ4v) is 2.41. The molecule has 0 aliphatic heterocycles. The maximum atomic E-state index is 11.8. The van der Waals surface area contributed by atoms with E-state index in [2.05, 4.69) is 10.4 Å². The van der Waals surface area contributed by atoms with Crippen LogP contribution in [0.15, 0.2) is 47.6 Å². The Hall–Kier alpha value is -3.95. The van der Waals surface area contributed by atoms with Gasteiger partial charge in [-0.25, -0.2) is 5.43 Å². The molecule has 10 nitrogen and oxygen atoms in total. The van der Waals surface area contributed by atoms with Crippen molar-refractivity contribution in [1.29, 1.82) is 0 Å². The minimum atomic E-state index is -0.979. The summed E-state index contributed by atoms with van der Waals surface area (Å²) in [6.07, 6.45) is 1.58. The van der Waals surface area contributed by atoms with Crippen LogP contribution in [0.25, 0.3) is 0 Å². The Labute approximate surface area is 166 Å².